The van der Waals surface area contributed by atoms with E-state index in [2.05, 4.69) is 36.8 Å². The Morgan fingerprint density at radius 1 is 1.23 bits per heavy atom. The van der Waals surface area contributed by atoms with E-state index in [-0.39, 0.29) is 0 Å². The fourth-order valence-corrected chi connectivity index (χ4v) is 2.45. The number of hydrogen-bond donors (Lipinski definition) is 0. The average molecular weight is 169 g/mol. The summed E-state index contributed by atoms with van der Waals surface area (Å²) in [6.45, 7) is 0. The highest BCUT2D eigenvalue weighted by molar-refractivity contribution is 5.52. The number of hydrogen-bond acceptors (Lipinski definition) is 0. The molecule has 3 rings (SSSR count). The highest BCUT2D eigenvalue weighted by Gasteiger charge is 2.23. The Balaban J connectivity index is 1.98. The molecule has 0 spiro atoms. The Labute approximate surface area is 79.3 Å². The summed E-state index contributed by atoms with van der Waals surface area (Å²) in [6.07, 6.45) is 17.4. The predicted molar refractivity (Wildman–Crippen MR) is 55.0 cm³/mol. The van der Waals surface area contributed by atoms with Crippen molar-refractivity contribution >= 4 is 0 Å². The molecule has 0 saturated heterocycles. The first kappa shape index (κ1) is 7.37. The van der Waals surface area contributed by atoms with Crippen LogP contribution in [0.15, 0.2) is 47.1 Å². The summed E-state index contributed by atoms with van der Waals surface area (Å²) in [4.78, 5) is 0. The van der Waals surface area contributed by atoms with Gasteiger partial charge in [0.05, 0.1) is 0 Å². The second kappa shape index (κ2) is 2.73. The SMILES string of the molecule is [CH]1C=CC2=C1C=C1CC=CCC1C2. The summed E-state index contributed by atoms with van der Waals surface area (Å²) in [5, 5.41) is 0. The van der Waals surface area contributed by atoms with Crippen molar-refractivity contribution in [3.05, 3.63) is 53.5 Å². The van der Waals surface area contributed by atoms with Crippen LogP contribution in [0.5, 0.6) is 0 Å². The highest BCUT2D eigenvalue weighted by atomic mass is 14.3. The van der Waals surface area contributed by atoms with Crippen LogP contribution in [0, 0.1) is 12.3 Å². The van der Waals surface area contributed by atoms with Gasteiger partial charge >= 0.3 is 0 Å². The fraction of sp³-hybridized carbons (Fsp3) is 0.308. The third kappa shape index (κ3) is 1.13. The molecule has 0 heteroatoms. The Bertz CT molecular complexity index is 350. The van der Waals surface area contributed by atoms with Crippen molar-refractivity contribution in [2.24, 2.45) is 5.92 Å². The van der Waals surface area contributed by atoms with Gasteiger partial charge in [0.15, 0.2) is 0 Å². The average Bonchev–Trinajstić information content (AvgIpc) is 2.61. The van der Waals surface area contributed by atoms with Crippen molar-refractivity contribution in [2.45, 2.75) is 19.3 Å². The van der Waals surface area contributed by atoms with E-state index in [1.165, 1.54) is 24.8 Å². The van der Waals surface area contributed by atoms with Gasteiger partial charge < -0.3 is 0 Å². The highest BCUT2D eigenvalue weighted by Crippen LogP contribution is 2.39. The van der Waals surface area contributed by atoms with Gasteiger partial charge in [-0.05, 0) is 36.3 Å². The minimum atomic E-state index is 0.805. The summed E-state index contributed by atoms with van der Waals surface area (Å²) in [5.74, 6) is 0.805. The summed E-state index contributed by atoms with van der Waals surface area (Å²) in [7, 11) is 0. The monoisotopic (exact) mass is 169 g/mol. The number of fused-ring (bicyclic) bond motifs is 1. The number of allylic oxidation sites excluding steroid dienone is 8. The maximum absolute atomic E-state index is 2.40. The van der Waals surface area contributed by atoms with Gasteiger partial charge in [0.25, 0.3) is 0 Å². The molecule has 1 radical (unpaired) electrons. The summed E-state index contributed by atoms with van der Waals surface area (Å²) in [6, 6.07) is 0. The molecule has 0 aromatic heterocycles. The van der Waals surface area contributed by atoms with E-state index in [0.717, 1.165) is 5.92 Å². The van der Waals surface area contributed by atoms with Gasteiger partial charge in [-0.1, -0.05) is 36.0 Å². The van der Waals surface area contributed by atoms with E-state index in [9.17, 15) is 0 Å². The molecule has 3 aliphatic carbocycles. The largest absolute Gasteiger partial charge is 0.0876 e. The fourth-order valence-electron chi connectivity index (χ4n) is 2.45. The molecule has 0 aliphatic heterocycles. The smallest absolute Gasteiger partial charge is 0.0128 e. The predicted octanol–water partition coefficient (Wildman–Crippen LogP) is 3.35. The Hall–Kier alpha value is -1.04. The van der Waals surface area contributed by atoms with Gasteiger partial charge in [0.1, 0.15) is 0 Å². The van der Waals surface area contributed by atoms with Crippen LogP contribution in [0.4, 0.5) is 0 Å². The molecule has 0 bridgehead atoms. The Morgan fingerprint density at radius 2 is 2.23 bits per heavy atom. The van der Waals surface area contributed by atoms with E-state index in [1.807, 2.05) is 0 Å². The van der Waals surface area contributed by atoms with E-state index in [4.69, 9.17) is 0 Å². The van der Waals surface area contributed by atoms with Crippen molar-refractivity contribution in [1.29, 1.82) is 0 Å². The van der Waals surface area contributed by atoms with Gasteiger partial charge in [-0.3, -0.25) is 0 Å². The third-order valence-electron chi connectivity index (χ3n) is 3.22. The third-order valence-corrected chi connectivity index (χ3v) is 3.22. The first-order chi connectivity index (χ1) is 6.43. The summed E-state index contributed by atoms with van der Waals surface area (Å²) < 4.78 is 0. The quantitative estimate of drug-likeness (QED) is 0.488. The van der Waals surface area contributed by atoms with E-state index in [1.54, 1.807) is 11.1 Å². The van der Waals surface area contributed by atoms with Crippen molar-refractivity contribution in [2.75, 3.05) is 0 Å². The molecule has 0 aromatic carbocycles. The van der Waals surface area contributed by atoms with Crippen LogP contribution >= 0.6 is 0 Å². The second-order valence-corrected chi connectivity index (χ2v) is 4.04. The van der Waals surface area contributed by atoms with Crippen molar-refractivity contribution in [3.8, 4) is 0 Å². The topological polar surface area (TPSA) is 0 Å². The maximum Gasteiger partial charge on any atom is 0.0128 e. The zero-order valence-electron chi connectivity index (χ0n) is 7.66. The molecule has 3 aliphatic rings. The van der Waals surface area contributed by atoms with E-state index < -0.39 is 0 Å². The molecule has 0 N–H and O–H groups in total. The second-order valence-electron chi connectivity index (χ2n) is 4.04. The molecule has 0 saturated carbocycles. The lowest BCUT2D eigenvalue weighted by molar-refractivity contribution is 0.585. The molecule has 0 aromatic rings. The lowest BCUT2D eigenvalue weighted by Gasteiger charge is -2.26. The van der Waals surface area contributed by atoms with Crippen molar-refractivity contribution in [1.82, 2.24) is 0 Å². The van der Waals surface area contributed by atoms with Crippen LogP contribution in [0.2, 0.25) is 0 Å². The zero-order chi connectivity index (χ0) is 8.67. The Morgan fingerprint density at radius 3 is 3.23 bits per heavy atom. The molecule has 1 unspecified atom stereocenters. The molecular formula is C13H13. The standard InChI is InChI=1S/C13H13/c1-2-5-11-9-13-7-3-6-12(13)8-10(11)4-1/h1-3,6-8,11H,4-5,9H2. The van der Waals surface area contributed by atoms with Crippen molar-refractivity contribution in [3.63, 3.8) is 0 Å². The molecular weight excluding hydrogens is 156 g/mol. The number of rotatable bonds is 0. The van der Waals surface area contributed by atoms with E-state index >= 15 is 0 Å². The van der Waals surface area contributed by atoms with Crippen LogP contribution in [-0.2, 0) is 0 Å². The normalized spacial score (nSPS) is 30.2. The zero-order valence-corrected chi connectivity index (χ0v) is 7.66. The van der Waals surface area contributed by atoms with Crippen LogP contribution in [0.25, 0.3) is 0 Å². The van der Waals surface area contributed by atoms with E-state index in [0.29, 0.717) is 0 Å². The van der Waals surface area contributed by atoms with Gasteiger partial charge in [-0.2, -0.15) is 0 Å². The van der Waals surface area contributed by atoms with Gasteiger partial charge in [-0.25, -0.2) is 0 Å². The lowest BCUT2D eigenvalue weighted by Crippen LogP contribution is -2.11. The van der Waals surface area contributed by atoms with Crippen LogP contribution in [0.3, 0.4) is 0 Å². The maximum atomic E-state index is 2.40. The molecule has 13 heavy (non-hydrogen) atoms. The van der Waals surface area contributed by atoms with Crippen molar-refractivity contribution < 1.29 is 0 Å². The first-order valence-electron chi connectivity index (χ1n) is 5.03. The summed E-state index contributed by atoms with van der Waals surface area (Å²) >= 11 is 0. The van der Waals surface area contributed by atoms with Crippen LogP contribution in [-0.4, -0.2) is 0 Å². The van der Waals surface area contributed by atoms with Gasteiger partial charge in [-0.15, -0.1) is 0 Å². The minimum Gasteiger partial charge on any atom is -0.0876 e. The molecule has 0 nitrogen and oxygen atoms in total. The molecule has 0 heterocycles. The minimum absolute atomic E-state index is 0.805. The first-order valence-corrected chi connectivity index (χ1v) is 5.03. The Kier molecular flexibility index (Phi) is 1.55. The van der Waals surface area contributed by atoms with Crippen LogP contribution in [0.1, 0.15) is 19.3 Å². The van der Waals surface area contributed by atoms with Crippen LogP contribution < -0.4 is 0 Å². The molecule has 65 valence electrons. The van der Waals surface area contributed by atoms with Gasteiger partial charge in [0.2, 0.25) is 0 Å². The molecule has 0 amide bonds. The lowest BCUT2D eigenvalue weighted by atomic mass is 9.79. The van der Waals surface area contributed by atoms with Gasteiger partial charge in [0, 0.05) is 6.42 Å². The molecule has 1 atom stereocenters. The summed E-state index contributed by atoms with van der Waals surface area (Å²) in [5.41, 5.74) is 4.65. The molecule has 0 fully saturated rings.